The SMILES string of the molecule is CC1=C(C(=O)Nc2cc(C)ccn2)[C@@H](c2ccsc2)C2=C(CC(C)(C)CC2=O)N1. The van der Waals surface area contributed by atoms with Gasteiger partial charge in [0.25, 0.3) is 5.91 Å². The molecule has 0 spiro atoms. The van der Waals surface area contributed by atoms with E-state index in [-0.39, 0.29) is 23.0 Å². The number of amides is 1. The number of anilines is 1. The summed E-state index contributed by atoms with van der Waals surface area (Å²) in [5, 5.41) is 10.3. The summed E-state index contributed by atoms with van der Waals surface area (Å²) in [5.74, 6) is 0.0427. The molecule has 29 heavy (non-hydrogen) atoms. The van der Waals surface area contributed by atoms with Crippen molar-refractivity contribution < 1.29 is 9.59 Å². The van der Waals surface area contributed by atoms with Gasteiger partial charge in [-0.25, -0.2) is 4.98 Å². The van der Waals surface area contributed by atoms with Crippen molar-refractivity contribution in [3.05, 3.63) is 68.8 Å². The van der Waals surface area contributed by atoms with Crippen LogP contribution in [0.4, 0.5) is 5.82 Å². The summed E-state index contributed by atoms with van der Waals surface area (Å²) in [6.07, 6.45) is 2.96. The monoisotopic (exact) mass is 407 g/mol. The standard InChI is InChI=1S/C23H25N3O2S/c1-13-5-7-24-18(9-13)26-22(28)19-14(2)25-16-10-23(3,4)11-17(27)21(16)20(19)15-6-8-29-12-15/h5-9,12,20,25H,10-11H2,1-4H3,(H,24,26,28)/t20-/m1/s1. The minimum absolute atomic E-state index is 0.0896. The minimum atomic E-state index is -0.356. The second-order valence-corrected chi connectivity index (χ2v) is 9.44. The normalized spacial score (nSPS) is 21.0. The maximum Gasteiger partial charge on any atom is 0.255 e. The van der Waals surface area contributed by atoms with Crippen LogP contribution in [-0.4, -0.2) is 16.7 Å². The minimum Gasteiger partial charge on any atom is -0.362 e. The molecule has 150 valence electrons. The van der Waals surface area contributed by atoms with Crippen molar-refractivity contribution in [3.8, 4) is 0 Å². The van der Waals surface area contributed by atoms with Crippen LogP contribution in [0.1, 0.15) is 50.7 Å². The summed E-state index contributed by atoms with van der Waals surface area (Å²) in [7, 11) is 0. The molecule has 6 heteroatoms. The molecule has 2 N–H and O–H groups in total. The molecule has 1 amide bonds. The van der Waals surface area contributed by atoms with Crippen molar-refractivity contribution in [2.45, 2.75) is 46.5 Å². The molecular formula is C23H25N3O2S. The topological polar surface area (TPSA) is 71.1 Å². The highest BCUT2D eigenvalue weighted by atomic mass is 32.1. The Labute approximate surface area is 174 Å². The molecule has 0 saturated heterocycles. The van der Waals surface area contributed by atoms with E-state index < -0.39 is 0 Å². The van der Waals surface area contributed by atoms with Gasteiger partial charge < -0.3 is 10.6 Å². The number of aromatic nitrogens is 1. The van der Waals surface area contributed by atoms with Crippen molar-refractivity contribution in [2.75, 3.05) is 5.32 Å². The molecule has 2 aromatic rings. The summed E-state index contributed by atoms with van der Waals surface area (Å²) < 4.78 is 0. The average molecular weight is 408 g/mol. The third-order valence-corrected chi connectivity index (χ3v) is 6.22. The van der Waals surface area contributed by atoms with E-state index in [1.54, 1.807) is 17.5 Å². The predicted octanol–water partition coefficient (Wildman–Crippen LogP) is 4.69. The Morgan fingerprint density at radius 1 is 1.28 bits per heavy atom. The predicted molar refractivity (Wildman–Crippen MR) is 116 cm³/mol. The Bertz CT molecular complexity index is 1050. The maximum absolute atomic E-state index is 13.3. The summed E-state index contributed by atoms with van der Waals surface area (Å²) in [5.41, 5.74) is 4.97. The number of hydrogen-bond donors (Lipinski definition) is 2. The zero-order valence-electron chi connectivity index (χ0n) is 17.1. The molecule has 0 saturated carbocycles. The van der Waals surface area contributed by atoms with Crippen LogP contribution in [0.15, 0.2) is 57.7 Å². The lowest BCUT2D eigenvalue weighted by Gasteiger charge is -2.39. The van der Waals surface area contributed by atoms with E-state index in [9.17, 15) is 9.59 Å². The fourth-order valence-corrected chi connectivity index (χ4v) is 4.98. The molecule has 2 aliphatic rings. The Morgan fingerprint density at radius 2 is 2.07 bits per heavy atom. The third kappa shape index (κ3) is 3.77. The van der Waals surface area contributed by atoms with Gasteiger partial charge in [-0.3, -0.25) is 9.59 Å². The lowest BCUT2D eigenvalue weighted by molar-refractivity contribution is -0.118. The molecule has 0 aromatic carbocycles. The van der Waals surface area contributed by atoms with Gasteiger partial charge in [-0.15, -0.1) is 0 Å². The number of aryl methyl sites for hydroxylation is 1. The van der Waals surface area contributed by atoms with Crippen LogP contribution < -0.4 is 10.6 Å². The van der Waals surface area contributed by atoms with Crippen LogP contribution in [0.3, 0.4) is 0 Å². The molecule has 1 aliphatic carbocycles. The van der Waals surface area contributed by atoms with Crippen LogP contribution in [0, 0.1) is 12.3 Å². The average Bonchev–Trinajstić information content (AvgIpc) is 3.13. The Balaban J connectivity index is 1.77. The van der Waals surface area contributed by atoms with E-state index in [4.69, 9.17) is 0 Å². The molecule has 0 radical (unpaired) electrons. The van der Waals surface area contributed by atoms with Crippen molar-refractivity contribution in [1.29, 1.82) is 0 Å². The molecule has 0 bridgehead atoms. The van der Waals surface area contributed by atoms with Crippen LogP contribution in [0.25, 0.3) is 0 Å². The number of carbonyl (C=O) groups is 2. The summed E-state index contributed by atoms with van der Waals surface area (Å²) in [6.45, 7) is 8.09. The smallest absolute Gasteiger partial charge is 0.255 e. The molecule has 3 heterocycles. The Hall–Kier alpha value is -2.73. The highest BCUT2D eigenvalue weighted by molar-refractivity contribution is 7.08. The summed E-state index contributed by atoms with van der Waals surface area (Å²) in [4.78, 5) is 30.7. The van der Waals surface area contributed by atoms with E-state index in [0.29, 0.717) is 17.8 Å². The van der Waals surface area contributed by atoms with Gasteiger partial charge in [0.05, 0.1) is 0 Å². The van der Waals surface area contributed by atoms with Gasteiger partial charge in [-0.05, 0) is 65.8 Å². The highest BCUT2D eigenvalue weighted by Crippen LogP contribution is 2.47. The maximum atomic E-state index is 13.3. The van der Waals surface area contributed by atoms with Gasteiger partial charge >= 0.3 is 0 Å². The zero-order valence-corrected chi connectivity index (χ0v) is 17.9. The number of nitrogens with zero attached hydrogens (tertiary/aromatic N) is 1. The zero-order chi connectivity index (χ0) is 20.8. The number of Topliss-reactive ketones (excluding diaryl/α,β-unsaturated/α-hetero) is 1. The summed E-state index contributed by atoms with van der Waals surface area (Å²) >= 11 is 1.57. The fraction of sp³-hybridized carbons (Fsp3) is 0.348. The van der Waals surface area contributed by atoms with E-state index in [2.05, 4.69) is 29.5 Å². The van der Waals surface area contributed by atoms with Crippen LogP contribution >= 0.6 is 11.3 Å². The van der Waals surface area contributed by atoms with E-state index in [0.717, 1.165) is 34.5 Å². The second-order valence-electron chi connectivity index (χ2n) is 8.66. The molecular weight excluding hydrogens is 382 g/mol. The van der Waals surface area contributed by atoms with Gasteiger partial charge in [-0.1, -0.05) is 13.8 Å². The number of carbonyl (C=O) groups excluding carboxylic acids is 2. The number of rotatable bonds is 3. The summed E-state index contributed by atoms with van der Waals surface area (Å²) in [6, 6.07) is 5.72. The third-order valence-electron chi connectivity index (χ3n) is 5.52. The number of ketones is 1. The van der Waals surface area contributed by atoms with Gasteiger partial charge in [0.15, 0.2) is 5.78 Å². The number of thiophene rings is 1. The first-order chi connectivity index (χ1) is 13.7. The Morgan fingerprint density at radius 3 is 2.76 bits per heavy atom. The number of pyridine rings is 1. The first-order valence-electron chi connectivity index (χ1n) is 9.75. The van der Waals surface area contributed by atoms with Gasteiger partial charge in [0, 0.05) is 41.1 Å². The second kappa shape index (κ2) is 7.26. The molecule has 0 fully saturated rings. The first-order valence-corrected chi connectivity index (χ1v) is 10.7. The van der Waals surface area contributed by atoms with Crippen LogP contribution in [0.5, 0.6) is 0 Å². The van der Waals surface area contributed by atoms with Crippen LogP contribution in [0.2, 0.25) is 0 Å². The largest absolute Gasteiger partial charge is 0.362 e. The van der Waals surface area contributed by atoms with Crippen molar-refractivity contribution in [3.63, 3.8) is 0 Å². The van der Waals surface area contributed by atoms with Crippen LogP contribution in [-0.2, 0) is 9.59 Å². The number of hydrogen-bond acceptors (Lipinski definition) is 5. The number of dihydropyridines is 1. The molecule has 2 aromatic heterocycles. The molecule has 4 rings (SSSR count). The molecule has 1 atom stereocenters. The van der Waals surface area contributed by atoms with Crippen molar-refractivity contribution in [1.82, 2.24) is 10.3 Å². The molecule has 5 nitrogen and oxygen atoms in total. The first kappa shape index (κ1) is 19.6. The highest BCUT2D eigenvalue weighted by Gasteiger charge is 2.42. The lowest BCUT2D eigenvalue weighted by Crippen LogP contribution is -2.39. The van der Waals surface area contributed by atoms with E-state index in [1.165, 1.54) is 0 Å². The van der Waals surface area contributed by atoms with Gasteiger partial charge in [0.1, 0.15) is 5.82 Å². The van der Waals surface area contributed by atoms with Crippen molar-refractivity contribution in [2.24, 2.45) is 5.41 Å². The van der Waals surface area contributed by atoms with E-state index >= 15 is 0 Å². The van der Waals surface area contributed by atoms with Crippen molar-refractivity contribution >= 4 is 28.8 Å². The molecule has 0 unspecified atom stereocenters. The quantitative estimate of drug-likeness (QED) is 0.774. The molecule has 1 aliphatic heterocycles. The number of nitrogens with one attached hydrogen (secondary N) is 2. The lowest BCUT2D eigenvalue weighted by atomic mass is 9.69. The Kier molecular flexibility index (Phi) is 4.90. The van der Waals surface area contributed by atoms with Gasteiger partial charge in [-0.2, -0.15) is 11.3 Å². The number of allylic oxidation sites excluding steroid dienone is 3. The van der Waals surface area contributed by atoms with E-state index in [1.807, 2.05) is 42.8 Å². The fourth-order valence-electron chi connectivity index (χ4n) is 4.30. The van der Waals surface area contributed by atoms with Gasteiger partial charge in [0.2, 0.25) is 0 Å².